The molecule has 1 unspecified atom stereocenters. The first kappa shape index (κ1) is 27.2. The van der Waals surface area contributed by atoms with Crippen molar-refractivity contribution in [2.45, 2.75) is 32.7 Å². The molecule has 2 aromatic carbocycles. The number of amides is 1. The monoisotopic (exact) mass is 531 g/mol. The number of anilines is 3. The Balaban J connectivity index is 1.50. The molecule has 208 valence electrons. The molecule has 0 radical (unpaired) electrons. The summed E-state index contributed by atoms with van der Waals surface area (Å²) in [6.07, 6.45) is 1.25. The van der Waals surface area contributed by atoms with Crippen molar-refractivity contribution in [3.63, 3.8) is 0 Å². The molecular formula is C31H41N5O3. The average molecular weight is 532 g/mol. The number of nitrogens with one attached hydrogen (secondary N) is 2. The summed E-state index contributed by atoms with van der Waals surface area (Å²) in [6, 6.07) is 16.0. The summed E-state index contributed by atoms with van der Waals surface area (Å²) in [4.78, 5) is 33.7. The lowest BCUT2D eigenvalue weighted by Gasteiger charge is -2.38. The van der Waals surface area contributed by atoms with E-state index >= 15 is 0 Å². The summed E-state index contributed by atoms with van der Waals surface area (Å²) in [7, 11) is 4.03. The van der Waals surface area contributed by atoms with Crippen molar-refractivity contribution in [3.8, 4) is 0 Å². The number of nitrogens with zero attached hydrogens (tertiary/aromatic N) is 3. The van der Waals surface area contributed by atoms with Crippen LogP contribution in [0.25, 0.3) is 0 Å². The standard InChI is InChI=1S/C31H41N5O3/c1-31(2)19-25-29(27(37)20-31)30(22-9-11-23(12-10-22)34(3)4)36(26-8-6-5-7-24(26)33-25)21-28(38)32-13-14-35-15-17-39-18-16-35/h5-12,30,33H,13-21H2,1-4H3,(H,32,38). The smallest absolute Gasteiger partial charge is 0.239 e. The van der Waals surface area contributed by atoms with Crippen LogP contribution < -0.4 is 20.4 Å². The number of carbonyl (C=O) groups is 2. The largest absolute Gasteiger partial charge is 0.379 e. The van der Waals surface area contributed by atoms with E-state index in [1.54, 1.807) is 0 Å². The molecule has 1 fully saturated rings. The SMILES string of the molecule is CN(C)c1ccc(C2C3=C(CC(C)(C)CC3=O)Nc3ccccc3N2CC(=O)NCCN2CCOCC2)cc1. The van der Waals surface area contributed by atoms with Gasteiger partial charge in [-0.05, 0) is 41.7 Å². The highest BCUT2D eigenvalue weighted by Crippen LogP contribution is 2.48. The summed E-state index contributed by atoms with van der Waals surface area (Å²) in [5.74, 6) is 0.0848. The quantitative estimate of drug-likeness (QED) is 0.563. The number of allylic oxidation sites excluding steroid dienone is 1. The van der Waals surface area contributed by atoms with E-state index in [0.717, 1.165) is 73.2 Å². The Labute approximate surface area is 232 Å². The Morgan fingerprint density at radius 2 is 1.79 bits per heavy atom. The zero-order chi connectivity index (χ0) is 27.6. The van der Waals surface area contributed by atoms with E-state index in [4.69, 9.17) is 4.74 Å². The minimum Gasteiger partial charge on any atom is -0.379 e. The number of ketones is 1. The molecule has 0 saturated carbocycles. The van der Waals surface area contributed by atoms with Gasteiger partial charge in [0.25, 0.3) is 0 Å². The van der Waals surface area contributed by atoms with Crippen molar-refractivity contribution in [2.75, 3.05) is 75.1 Å². The van der Waals surface area contributed by atoms with E-state index in [0.29, 0.717) is 13.0 Å². The third kappa shape index (κ3) is 6.12. The molecule has 5 rings (SSSR count). The molecule has 8 nitrogen and oxygen atoms in total. The number of morpholine rings is 1. The van der Waals surface area contributed by atoms with Crippen molar-refractivity contribution >= 4 is 28.8 Å². The predicted octanol–water partition coefficient (Wildman–Crippen LogP) is 3.82. The molecule has 2 aromatic rings. The van der Waals surface area contributed by atoms with E-state index in [1.807, 2.05) is 38.4 Å². The van der Waals surface area contributed by atoms with Crippen LogP contribution in [0.1, 0.15) is 38.3 Å². The van der Waals surface area contributed by atoms with Gasteiger partial charge in [-0.1, -0.05) is 38.1 Å². The molecule has 2 aliphatic heterocycles. The van der Waals surface area contributed by atoms with E-state index in [1.165, 1.54) is 0 Å². The second kappa shape index (κ2) is 11.4. The van der Waals surface area contributed by atoms with E-state index in [2.05, 4.69) is 63.4 Å². The van der Waals surface area contributed by atoms with Crippen molar-refractivity contribution in [1.29, 1.82) is 0 Å². The van der Waals surface area contributed by atoms with Crippen molar-refractivity contribution in [3.05, 3.63) is 65.4 Å². The Kier molecular flexibility index (Phi) is 7.96. The van der Waals surface area contributed by atoms with Crippen LogP contribution in [0, 0.1) is 5.41 Å². The predicted molar refractivity (Wildman–Crippen MR) is 156 cm³/mol. The lowest BCUT2D eigenvalue weighted by atomic mass is 9.73. The third-order valence-electron chi connectivity index (χ3n) is 7.90. The first-order valence-electron chi connectivity index (χ1n) is 13.9. The minimum absolute atomic E-state index is 0.0550. The maximum absolute atomic E-state index is 13.8. The van der Waals surface area contributed by atoms with Crippen LogP contribution in [0.3, 0.4) is 0 Å². The second-order valence-corrected chi connectivity index (χ2v) is 11.8. The Bertz CT molecular complexity index is 1230. The molecular weight excluding hydrogens is 490 g/mol. The van der Waals surface area contributed by atoms with Crippen LogP contribution in [0.5, 0.6) is 0 Å². The van der Waals surface area contributed by atoms with Gasteiger partial charge in [0.05, 0.1) is 37.2 Å². The van der Waals surface area contributed by atoms with Gasteiger partial charge in [-0.15, -0.1) is 0 Å². The number of carbonyl (C=O) groups excluding carboxylic acids is 2. The van der Waals surface area contributed by atoms with Gasteiger partial charge in [-0.25, -0.2) is 0 Å². The molecule has 0 aromatic heterocycles. The number of benzene rings is 2. The topological polar surface area (TPSA) is 77.2 Å². The van der Waals surface area contributed by atoms with Gasteiger partial charge in [0, 0.05) is 63.7 Å². The number of para-hydroxylation sites is 2. The van der Waals surface area contributed by atoms with Crippen LogP contribution in [-0.2, 0) is 14.3 Å². The molecule has 2 heterocycles. The van der Waals surface area contributed by atoms with Gasteiger partial charge < -0.3 is 25.2 Å². The van der Waals surface area contributed by atoms with Gasteiger partial charge in [0.2, 0.25) is 5.91 Å². The Morgan fingerprint density at radius 3 is 2.51 bits per heavy atom. The lowest BCUT2D eigenvalue weighted by molar-refractivity contribution is -0.120. The fourth-order valence-electron chi connectivity index (χ4n) is 5.92. The van der Waals surface area contributed by atoms with Crippen LogP contribution in [0.2, 0.25) is 0 Å². The van der Waals surface area contributed by atoms with Crippen LogP contribution in [0.4, 0.5) is 17.1 Å². The molecule has 0 bridgehead atoms. The van der Waals surface area contributed by atoms with E-state index in [-0.39, 0.29) is 29.7 Å². The van der Waals surface area contributed by atoms with Crippen LogP contribution in [0.15, 0.2) is 59.8 Å². The van der Waals surface area contributed by atoms with E-state index in [9.17, 15) is 9.59 Å². The van der Waals surface area contributed by atoms with Crippen LogP contribution in [-0.4, -0.2) is 76.6 Å². The summed E-state index contributed by atoms with van der Waals surface area (Å²) < 4.78 is 5.44. The molecule has 1 saturated heterocycles. The first-order chi connectivity index (χ1) is 18.7. The third-order valence-corrected chi connectivity index (χ3v) is 7.90. The molecule has 8 heteroatoms. The highest BCUT2D eigenvalue weighted by molar-refractivity contribution is 6.01. The normalized spacial score (nSPS) is 21.0. The minimum atomic E-state index is -0.374. The maximum Gasteiger partial charge on any atom is 0.239 e. The molecule has 2 N–H and O–H groups in total. The number of rotatable bonds is 7. The number of hydrogen-bond donors (Lipinski definition) is 2. The van der Waals surface area contributed by atoms with Gasteiger partial charge in [-0.2, -0.15) is 0 Å². The van der Waals surface area contributed by atoms with Gasteiger partial charge in [0.1, 0.15) is 0 Å². The van der Waals surface area contributed by atoms with Crippen LogP contribution >= 0.6 is 0 Å². The van der Waals surface area contributed by atoms with Crippen molar-refractivity contribution < 1.29 is 14.3 Å². The number of Topliss-reactive ketones (excluding diaryl/α,β-unsaturated/α-hetero) is 1. The molecule has 1 atom stereocenters. The summed E-state index contributed by atoms with van der Waals surface area (Å²) in [6.45, 7) is 9.07. The van der Waals surface area contributed by atoms with Gasteiger partial charge in [-0.3, -0.25) is 14.5 Å². The Morgan fingerprint density at radius 1 is 1.08 bits per heavy atom. The number of ether oxygens (including phenoxy) is 1. The first-order valence-corrected chi connectivity index (χ1v) is 13.9. The molecule has 3 aliphatic rings. The maximum atomic E-state index is 13.8. The highest BCUT2D eigenvalue weighted by Gasteiger charge is 2.41. The van der Waals surface area contributed by atoms with Gasteiger partial charge in [0.15, 0.2) is 5.78 Å². The van der Waals surface area contributed by atoms with Gasteiger partial charge >= 0.3 is 0 Å². The summed E-state index contributed by atoms with van der Waals surface area (Å²) >= 11 is 0. The fraction of sp³-hybridized carbons (Fsp3) is 0.484. The summed E-state index contributed by atoms with van der Waals surface area (Å²) in [5.41, 5.74) is 5.52. The molecule has 39 heavy (non-hydrogen) atoms. The number of fused-ring (bicyclic) bond motifs is 1. The lowest BCUT2D eigenvalue weighted by Crippen LogP contribution is -2.45. The molecule has 1 amide bonds. The molecule has 1 aliphatic carbocycles. The highest BCUT2D eigenvalue weighted by atomic mass is 16.5. The second-order valence-electron chi connectivity index (χ2n) is 11.8. The fourth-order valence-corrected chi connectivity index (χ4v) is 5.92. The zero-order valence-electron chi connectivity index (χ0n) is 23.6. The average Bonchev–Trinajstić information content (AvgIpc) is 3.03. The summed E-state index contributed by atoms with van der Waals surface area (Å²) in [5, 5.41) is 6.75. The van der Waals surface area contributed by atoms with Crippen molar-refractivity contribution in [2.24, 2.45) is 5.41 Å². The van der Waals surface area contributed by atoms with E-state index < -0.39 is 0 Å². The van der Waals surface area contributed by atoms with Crippen molar-refractivity contribution in [1.82, 2.24) is 10.2 Å². The zero-order valence-corrected chi connectivity index (χ0v) is 23.6. The Hall–Kier alpha value is -3.36. The number of hydrogen-bond acceptors (Lipinski definition) is 7. The molecule has 0 spiro atoms.